The lowest BCUT2D eigenvalue weighted by Gasteiger charge is -2.39. The Hall–Kier alpha value is -0.610. The zero-order chi connectivity index (χ0) is 14.1. The zero-order valence-electron chi connectivity index (χ0n) is 12.7. The van der Waals surface area contributed by atoms with Crippen LogP contribution >= 0.6 is 0 Å². The molecule has 0 saturated carbocycles. The van der Waals surface area contributed by atoms with Gasteiger partial charge in [0.1, 0.15) is 0 Å². The number of carbonyl (C=O) groups excluding carboxylic acids is 1. The number of nitrogens with zero attached hydrogens (tertiary/aromatic N) is 1. The van der Waals surface area contributed by atoms with Gasteiger partial charge in [-0.25, -0.2) is 0 Å². The lowest BCUT2D eigenvalue weighted by molar-refractivity contribution is -0.136. The first-order valence-corrected chi connectivity index (χ1v) is 8.44. The Labute approximate surface area is 122 Å². The lowest BCUT2D eigenvalue weighted by atomic mass is 9.88. The van der Waals surface area contributed by atoms with Crippen LogP contribution in [0.25, 0.3) is 0 Å². The summed E-state index contributed by atoms with van der Waals surface area (Å²) in [5.41, 5.74) is 6.08. The zero-order valence-corrected chi connectivity index (χ0v) is 12.7. The number of hydrogen-bond acceptors (Lipinski definition) is 3. The van der Waals surface area contributed by atoms with Crippen molar-refractivity contribution in [3.05, 3.63) is 0 Å². The molecule has 3 N–H and O–H groups in total. The summed E-state index contributed by atoms with van der Waals surface area (Å²) in [6.45, 7) is 2.96. The minimum Gasteiger partial charge on any atom is -0.338 e. The molecular formula is C16H29N3O. The van der Waals surface area contributed by atoms with Gasteiger partial charge in [-0.2, -0.15) is 0 Å². The molecule has 3 aliphatic rings. The average Bonchev–Trinajstić information content (AvgIpc) is 2.78. The van der Waals surface area contributed by atoms with Crippen LogP contribution in [-0.4, -0.2) is 41.5 Å². The second kappa shape index (κ2) is 6.02. The summed E-state index contributed by atoms with van der Waals surface area (Å²) in [6, 6.07) is 1.73. The predicted molar refractivity (Wildman–Crippen MR) is 80.3 cm³/mol. The van der Waals surface area contributed by atoms with Gasteiger partial charge >= 0.3 is 0 Å². The standard InChI is InChI=1S/C16H29N3O/c1-11(17)15-4-2-3-7-19(15)16(20)10-12-8-13-5-6-14(9-12)18-13/h11-15,18H,2-10,17H2,1H3. The number of rotatable bonds is 3. The molecule has 4 heteroatoms. The van der Waals surface area contributed by atoms with E-state index < -0.39 is 0 Å². The third-order valence-corrected chi connectivity index (χ3v) is 5.51. The van der Waals surface area contributed by atoms with Crippen LogP contribution in [0.3, 0.4) is 0 Å². The minimum atomic E-state index is 0.100. The molecule has 4 nitrogen and oxygen atoms in total. The van der Waals surface area contributed by atoms with Gasteiger partial charge in [0.2, 0.25) is 5.91 Å². The van der Waals surface area contributed by atoms with E-state index in [1.54, 1.807) is 0 Å². The molecule has 4 atom stereocenters. The van der Waals surface area contributed by atoms with E-state index in [9.17, 15) is 4.79 Å². The van der Waals surface area contributed by atoms with E-state index in [2.05, 4.69) is 10.2 Å². The molecule has 4 unspecified atom stereocenters. The number of nitrogens with one attached hydrogen (secondary N) is 1. The fourth-order valence-electron chi connectivity index (χ4n) is 4.52. The van der Waals surface area contributed by atoms with Crippen LogP contribution in [0.1, 0.15) is 58.3 Å². The molecule has 3 fully saturated rings. The first-order chi connectivity index (χ1) is 9.63. The van der Waals surface area contributed by atoms with Gasteiger partial charge in [0, 0.05) is 37.1 Å². The van der Waals surface area contributed by atoms with Crippen LogP contribution in [0.2, 0.25) is 0 Å². The Morgan fingerprint density at radius 2 is 1.95 bits per heavy atom. The first-order valence-electron chi connectivity index (χ1n) is 8.44. The number of amides is 1. The first kappa shape index (κ1) is 14.3. The van der Waals surface area contributed by atoms with E-state index in [4.69, 9.17) is 5.73 Å². The average molecular weight is 279 g/mol. The Balaban J connectivity index is 1.57. The summed E-state index contributed by atoms with van der Waals surface area (Å²) >= 11 is 0. The summed E-state index contributed by atoms with van der Waals surface area (Å²) in [4.78, 5) is 14.8. The second-order valence-electron chi connectivity index (χ2n) is 7.19. The van der Waals surface area contributed by atoms with Gasteiger partial charge in [0.05, 0.1) is 0 Å². The fourth-order valence-corrected chi connectivity index (χ4v) is 4.52. The molecule has 3 saturated heterocycles. The molecule has 0 radical (unpaired) electrons. The summed E-state index contributed by atoms with van der Waals surface area (Å²) < 4.78 is 0. The molecule has 1 amide bonds. The SMILES string of the molecule is CC(N)C1CCCCN1C(=O)CC1CC2CCC(C1)N2. The highest BCUT2D eigenvalue weighted by Gasteiger charge is 2.36. The van der Waals surface area contributed by atoms with Crippen molar-refractivity contribution < 1.29 is 4.79 Å². The van der Waals surface area contributed by atoms with Crippen LogP contribution < -0.4 is 11.1 Å². The summed E-state index contributed by atoms with van der Waals surface area (Å²) in [5.74, 6) is 0.954. The number of piperidine rings is 2. The predicted octanol–water partition coefficient (Wildman–Crippen LogP) is 1.64. The molecule has 0 spiro atoms. The van der Waals surface area contributed by atoms with Crippen molar-refractivity contribution in [2.75, 3.05) is 6.54 Å². The molecule has 114 valence electrons. The molecule has 0 aromatic heterocycles. The van der Waals surface area contributed by atoms with Crippen molar-refractivity contribution in [2.24, 2.45) is 11.7 Å². The highest BCUT2D eigenvalue weighted by Crippen LogP contribution is 2.33. The number of carbonyl (C=O) groups is 1. The number of nitrogens with two attached hydrogens (primary N) is 1. The van der Waals surface area contributed by atoms with Crippen molar-refractivity contribution in [3.63, 3.8) is 0 Å². The summed E-state index contributed by atoms with van der Waals surface area (Å²) in [5, 5.41) is 3.66. The van der Waals surface area contributed by atoms with Gasteiger partial charge in [-0.15, -0.1) is 0 Å². The van der Waals surface area contributed by atoms with Crippen molar-refractivity contribution in [2.45, 2.75) is 82.5 Å². The van der Waals surface area contributed by atoms with Crippen LogP contribution in [0.5, 0.6) is 0 Å². The second-order valence-corrected chi connectivity index (χ2v) is 7.19. The molecule has 0 aliphatic carbocycles. The van der Waals surface area contributed by atoms with E-state index in [1.807, 2.05) is 6.92 Å². The lowest BCUT2D eigenvalue weighted by Crippen LogP contribution is -2.52. The third kappa shape index (κ3) is 3.01. The molecule has 0 aromatic carbocycles. The maximum atomic E-state index is 12.7. The Kier molecular flexibility index (Phi) is 4.32. The molecule has 3 aliphatic heterocycles. The largest absolute Gasteiger partial charge is 0.338 e. The Morgan fingerprint density at radius 3 is 2.60 bits per heavy atom. The summed E-state index contributed by atoms with van der Waals surface area (Å²) in [6.07, 6.45) is 9.19. The van der Waals surface area contributed by atoms with Crippen LogP contribution in [-0.2, 0) is 4.79 Å². The van der Waals surface area contributed by atoms with Gasteiger partial charge in [-0.05, 0) is 57.8 Å². The maximum Gasteiger partial charge on any atom is 0.223 e. The van der Waals surface area contributed by atoms with E-state index in [0.717, 1.165) is 25.8 Å². The van der Waals surface area contributed by atoms with Gasteiger partial charge in [-0.1, -0.05) is 0 Å². The van der Waals surface area contributed by atoms with Gasteiger partial charge in [0.15, 0.2) is 0 Å². The quantitative estimate of drug-likeness (QED) is 0.825. The Bertz CT molecular complexity index is 346. The van der Waals surface area contributed by atoms with E-state index in [-0.39, 0.29) is 12.1 Å². The maximum absolute atomic E-state index is 12.7. The van der Waals surface area contributed by atoms with E-state index >= 15 is 0 Å². The highest BCUT2D eigenvalue weighted by molar-refractivity contribution is 5.77. The topological polar surface area (TPSA) is 58.4 Å². The van der Waals surface area contributed by atoms with Crippen molar-refractivity contribution in [1.82, 2.24) is 10.2 Å². The molecule has 0 aromatic rings. The van der Waals surface area contributed by atoms with Crippen LogP contribution in [0.15, 0.2) is 0 Å². The van der Waals surface area contributed by atoms with Crippen molar-refractivity contribution in [1.29, 1.82) is 0 Å². The van der Waals surface area contributed by atoms with Crippen molar-refractivity contribution >= 4 is 5.91 Å². The van der Waals surface area contributed by atoms with Gasteiger partial charge < -0.3 is 16.0 Å². The molecule has 2 bridgehead atoms. The minimum absolute atomic E-state index is 0.100. The van der Waals surface area contributed by atoms with E-state index in [1.165, 1.54) is 32.1 Å². The van der Waals surface area contributed by atoms with Crippen molar-refractivity contribution in [3.8, 4) is 0 Å². The van der Waals surface area contributed by atoms with Crippen LogP contribution in [0, 0.1) is 5.92 Å². The molecule has 3 heterocycles. The molecule has 20 heavy (non-hydrogen) atoms. The number of likely N-dealkylation sites (tertiary alicyclic amines) is 1. The van der Waals surface area contributed by atoms with E-state index in [0.29, 0.717) is 23.9 Å². The smallest absolute Gasteiger partial charge is 0.223 e. The highest BCUT2D eigenvalue weighted by atomic mass is 16.2. The van der Waals surface area contributed by atoms with Gasteiger partial charge in [0.25, 0.3) is 0 Å². The fraction of sp³-hybridized carbons (Fsp3) is 0.938. The van der Waals surface area contributed by atoms with Gasteiger partial charge in [-0.3, -0.25) is 4.79 Å². The third-order valence-electron chi connectivity index (χ3n) is 5.51. The number of hydrogen-bond donors (Lipinski definition) is 2. The summed E-state index contributed by atoms with van der Waals surface area (Å²) in [7, 11) is 0. The van der Waals surface area contributed by atoms with Crippen LogP contribution in [0.4, 0.5) is 0 Å². The molecular weight excluding hydrogens is 250 g/mol. The molecule has 3 rings (SSSR count). The monoisotopic (exact) mass is 279 g/mol. The Morgan fingerprint density at radius 1 is 1.25 bits per heavy atom. The normalized spacial score (nSPS) is 38.8. The number of fused-ring (bicyclic) bond motifs is 2.